The molecule has 0 radical (unpaired) electrons. The second kappa shape index (κ2) is 7.41. The van der Waals surface area contributed by atoms with Crippen molar-refractivity contribution in [1.82, 2.24) is 10.2 Å². The molecular formula is C22H27N3O5. The van der Waals surface area contributed by atoms with E-state index in [1.807, 2.05) is 6.92 Å². The van der Waals surface area contributed by atoms with E-state index in [0.29, 0.717) is 17.2 Å². The average molecular weight is 413 g/mol. The highest BCUT2D eigenvalue weighted by Crippen LogP contribution is 2.45. The minimum absolute atomic E-state index is 0.0363. The van der Waals surface area contributed by atoms with Crippen LogP contribution in [0.3, 0.4) is 0 Å². The summed E-state index contributed by atoms with van der Waals surface area (Å²) in [6, 6.07) is 6.46. The lowest BCUT2D eigenvalue weighted by molar-refractivity contribution is -0.161. The van der Waals surface area contributed by atoms with Crippen molar-refractivity contribution in [2.45, 2.75) is 64.2 Å². The summed E-state index contributed by atoms with van der Waals surface area (Å²) >= 11 is 0. The second-order valence-corrected chi connectivity index (χ2v) is 8.60. The van der Waals surface area contributed by atoms with Crippen LogP contribution in [-0.2, 0) is 19.1 Å². The molecule has 2 atom stereocenters. The first-order valence-corrected chi connectivity index (χ1v) is 10.5. The Labute approximate surface area is 175 Å². The third-order valence-corrected chi connectivity index (χ3v) is 6.19. The van der Waals surface area contributed by atoms with Crippen molar-refractivity contribution in [3.63, 3.8) is 0 Å². The van der Waals surface area contributed by atoms with Gasteiger partial charge >= 0.3 is 5.97 Å². The quantitative estimate of drug-likeness (QED) is 0.718. The van der Waals surface area contributed by atoms with Gasteiger partial charge in [0.15, 0.2) is 6.61 Å². The Morgan fingerprint density at radius 2 is 1.90 bits per heavy atom. The lowest BCUT2D eigenvalue weighted by Gasteiger charge is -2.50. The number of fused-ring (bicyclic) bond motifs is 3. The van der Waals surface area contributed by atoms with Crippen molar-refractivity contribution < 1.29 is 23.9 Å². The van der Waals surface area contributed by atoms with E-state index in [2.05, 4.69) is 5.32 Å². The van der Waals surface area contributed by atoms with Gasteiger partial charge < -0.3 is 15.0 Å². The van der Waals surface area contributed by atoms with Gasteiger partial charge in [0.2, 0.25) is 11.6 Å². The molecule has 0 spiro atoms. The fourth-order valence-electron chi connectivity index (χ4n) is 4.63. The lowest BCUT2D eigenvalue weighted by Crippen LogP contribution is -2.70. The molecule has 4 rings (SSSR count). The molecule has 3 amide bonds. The van der Waals surface area contributed by atoms with Gasteiger partial charge in [-0.3, -0.25) is 19.3 Å². The predicted molar refractivity (Wildman–Crippen MR) is 108 cm³/mol. The normalized spacial score (nSPS) is 23.9. The number of carbonyl (C=O) groups excluding carboxylic acids is 4. The Balaban J connectivity index is 1.63. The molecule has 1 aromatic carbocycles. The highest BCUT2D eigenvalue weighted by atomic mass is 16.5. The van der Waals surface area contributed by atoms with Crippen LogP contribution in [0.4, 0.5) is 5.69 Å². The molecule has 1 saturated carbocycles. The van der Waals surface area contributed by atoms with E-state index in [4.69, 9.17) is 4.74 Å². The fourth-order valence-corrected chi connectivity index (χ4v) is 4.63. The van der Waals surface area contributed by atoms with Crippen LogP contribution in [0.2, 0.25) is 0 Å². The summed E-state index contributed by atoms with van der Waals surface area (Å²) in [5.74, 6) is -1.22. The van der Waals surface area contributed by atoms with E-state index in [-0.39, 0.29) is 42.6 Å². The van der Waals surface area contributed by atoms with Crippen LogP contribution in [0.15, 0.2) is 24.3 Å². The fraction of sp³-hybridized carbons (Fsp3) is 0.545. The van der Waals surface area contributed by atoms with Crippen molar-refractivity contribution in [3.8, 4) is 0 Å². The van der Waals surface area contributed by atoms with Crippen LogP contribution >= 0.6 is 0 Å². The van der Waals surface area contributed by atoms with E-state index in [1.165, 1.54) is 9.80 Å². The van der Waals surface area contributed by atoms with Crippen LogP contribution in [0.1, 0.15) is 56.8 Å². The molecule has 2 aliphatic heterocycles. The van der Waals surface area contributed by atoms with Crippen molar-refractivity contribution in [2.24, 2.45) is 5.92 Å². The molecule has 2 heterocycles. The van der Waals surface area contributed by atoms with Crippen molar-refractivity contribution in [3.05, 3.63) is 29.8 Å². The molecule has 1 N–H and O–H groups in total. The number of rotatable bonds is 6. The molecule has 2 fully saturated rings. The van der Waals surface area contributed by atoms with Gasteiger partial charge in [0, 0.05) is 24.9 Å². The Hall–Kier alpha value is -2.90. The molecular weight excluding hydrogens is 386 g/mol. The van der Waals surface area contributed by atoms with Crippen LogP contribution < -0.4 is 10.2 Å². The van der Waals surface area contributed by atoms with E-state index in [0.717, 1.165) is 12.8 Å². The van der Waals surface area contributed by atoms with Crippen LogP contribution in [-0.4, -0.2) is 52.9 Å². The Bertz CT molecular complexity index is 910. The van der Waals surface area contributed by atoms with Crippen molar-refractivity contribution in [1.29, 1.82) is 0 Å². The number of nitrogens with zero attached hydrogens (tertiary/aromatic N) is 2. The highest BCUT2D eigenvalue weighted by Gasteiger charge is 2.62. The minimum Gasteiger partial charge on any atom is -0.452 e. The number of carbonyl (C=O) groups is 4. The summed E-state index contributed by atoms with van der Waals surface area (Å²) in [5, 5.41) is 2.85. The summed E-state index contributed by atoms with van der Waals surface area (Å²) in [5.41, 5.74) is -0.787. The lowest BCUT2D eigenvalue weighted by atomic mass is 9.95. The van der Waals surface area contributed by atoms with Crippen molar-refractivity contribution in [2.75, 3.05) is 11.5 Å². The summed E-state index contributed by atoms with van der Waals surface area (Å²) in [6.45, 7) is 5.09. The predicted octanol–water partition coefficient (Wildman–Crippen LogP) is 1.83. The molecule has 30 heavy (non-hydrogen) atoms. The Morgan fingerprint density at radius 1 is 1.20 bits per heavy atom. The van der Waals surface area contributed by atoms with Crippen LogP contribution in [0, 0.1) is 5.92 Å². The standard InChI is InChI=1S/C22H27N3O5/c1-13(2)24-20(28)16-6-4-5-7-17(16)25-19(27)10-11-22(24,25)21(29)30-12-18(26)23-14(3)15-8-9-15/h4-7,13-15H,8-12H2,1-3H3,(H,23,26)/t14-,22+/m1/s1. The van der Waals surface area contributed by atoms with Gasteiger partial charge in [-0.1, -0.05) is 12.1 Å². The molecule has 8 heteroatoms. The summed E-state index contributed by atoms with van der Waals surface area (Å²) in [4.78, 5) is 54.5. The van der Waals surface area contributed by atoms with Crippen molar-refractivity contribution >= 4 is 29.4 Å². The number of anilines is 1. The number of hydrogen-bond donors (Lipinski definition) is 1. The van der Waals surface area contributed by atoms with Gasteiger partial charge in [0.05, 0.1) is 11.3 Å². The number of amides is 3. The van der Waals surface area contributed by atoms with Gasteiger partial charge in [-0.15, -0.1) is 0 Å². The molecule has 0 unspecified atom stereocenters. The van der Waals surface area contributed by atoms with E-state index in [1.54, 1.807) is 38.1 Å². The van der Waals surface area contributed by atoms with E-state index >= 15 is 0 Å². The largest absolute Gasteiger partial charge is 0.452 e. The Morgan fingerprint density at radius 3 is 2.57 bits per heavy atom. The topological polar surface area (TPSA) is 96.0 Å². The first-order chi connectivity index (χ1) is 14.3. The highest BCUT2D eigenvalue weighted by molar-refractivity contribution is 6.15. The molecule has 160 valence electrons. The summed E-state index contributed by atoms with van der Waals surface area (Å²) < 4.78 is 5.40. The first-order valence-electron chi connectivity index (χ1n) is 10.5. The number of esters is 1. The maximum Gasteiger partial charge on any atom is 0.354 e. The molecule has 1 saturated heterocycles. The molecule has 3 aliphatic rings. The maximum absolute atomic E-state index is 13.4. The summed E-state index contributed by atoms with van der Waals surface area (Å²) in [7, 11) is 0. The first kappa shape index (κ1) is 20.4. The Kier molecular flexibility index (Phi) is 5.03. The SMILES string of the molecule is CC(C)N1C(=O)c2ccccc2N2C(=O)CC[C@@]21C(=O)OCC(=O)N[C@H](C)C1CC1. The van der Waals surface area contributed by atoms with Gasteiger partial charge in [0.1, 0.15) is 0 Å². The van der Waals surface area contributed by atoms with Gasteiger partial charge in [-0.25, -0.2) is 4.79 Å². The van der Waals surface area contributed by atoms with Crippen LogP contribution in [0.5, 0.6) is 0 Å². The zero-order valence-electron chi connectivity index (χ0n) is 17.5. The average Bonchev–Trinajstić information content (AvgIpc) is 3.50. The number of para-hydroxylation sites is 1. The van der Waals surface area contributed by atoms with Gasteiger partial charge in [-0.05, 0) is 51.7 Å². The van der Waals surface area contributed by atoms with Gasteiger partial charge in [-0.2, -0.15) is 0 Å². The van der Waals surface area contributed by atoms with E-state index < -0.39 is 18.2 Å². The molecule has 1 aliphatic carbocycles. The maximum atomic E-state index is 13.4. The molecule has 0 bridgehead atoms. The van der Waals surface area contributed by atoms with Gasteiger partial charge in [0.25, 0.3) is 11.8 Å². The number of hydrogen-bond acceptors (Lipinski definition) is 5. The molecule has 1 aromatic rings. The van der Waals surface area contributed by atoms with Crippen LogP contribution in [0.25, 0.3) is 0 Å². The molecule has 0 aromatic heterocycles. The smallest absolute Gasteiger partial charge is 0.354 e. The zero-order chi connectivity index (χ0) is 21.6. The summed E-state index contributed by atoms with van der Waals surface area (Å²) in [6.07, 6.45) is 2.42. The third-order valence-electron chi connectivity index (χ3n) is 6.19. The second-order valence-electron chi connectivity index (χ2n) is 8.60. The third kappa shape index (κ3) is 3.14. The minimum atomic E-state index is -1.57. The monoisotopic (exact) mass is 413 g/mol. The zero-order valence-corrected chi connectivity index (χ0v) is 17.5. The molecule has 8 nitrogen and oxygen atoms in total. The number of benzene rings is 1. The van der Waals surface area contributed by atoms with E-state index in [9.17, 15) is 19.2 Å². The number of nitrogens with one attached hydrogen (secondary N) is 1. The number of ether oxygens (including phenoxy) is 1.